The lowest BCUT2D eigenvalue weighted by atomic mass is 9.77. The van der Waals surface area contributed by atoms with Crippen molar-refractivity contribution in [3.63, 3.8) is 0 Å². The number of aromatic nitrogens is 4. The minimum Gasteiger partial charge on any atom is -0.471 e. The molecule has 1 saturated carbocycles. The molecular formula is C23H22FN5O2. The summed E-state index contributed by atoms with van der Waals surface area (Å²) in [6.45, 7) is 2.50. The van der Waals surface area contributed by atoms with E-state index in [1.54, 1.807) is 43.0 Å². The highest BCUT2D eigenvalue weighted by Gasteiger charge is 2.45. The lowest BCUT2D eigenvalue weighted by Gasteiger charge is -2.49. The summed E-state index contributed by atoms with van der Waals surface area (Å²) in [5.41, 5.74) is 1.22. The average molecular weight is 419 g/mol. The van der Waals surface area contributed by atoms with Gasteiger partial charge in [0.25, 0.3) is 5.91 Å². The first-order valence-electron chi connectivity index (χ1n) is 10.4. The third kappa shape index (κ3) is 3.73. The zero-order valence-electron chi connectivity index (χ0n) is 17.1. The van der Waals surface area contributed by atoms with Crippen molar-refractivity contribution in [1.29, 1.82) is 0 Å². The quantitative estimate of drug-likeness (QED) is 0.644. The van der Waals surface area contributed by atoms with Gasteiger partial charge in [-0.05, 0) is 50.3 Å². The van der Waals surface area contributed by atoms with Crippen molar-refractivity contribution < 1.29 is 13.9 Å². The predicted molar refractivity (Wildman–Crippen MR) is 111 cm³/mol. The number of rotatable bonds is 4. The highest BCUT2D eigenvalue weighted by molar-refractivity contribution is 6.00. The van der Waals surface area contributed by atoms with Crippen molar-refractivity contribution in [3.8, 4) is 17.3 Å². The summed E-state index contributed by atoms with van der Waals surface area (Å²) in [4.78, 5) is 32.3. The Bertz CT molecular complexity index is 1090. The van der Waals surface area contributed by atoms with E-state index < -0.39 is 5.82 Å². The Morgan fingerprint density at radius 3 is 2.68 bits per heavy atom. The van der Waals surface area contributed by atoms with Crippen LogP contribution in [-0.4, -0.2) is 49.4 Å². The van der Waals surface area contributed by atoms with Crippen molar-refractivity contribution in [2.24, 2.45) is 5.92 Å². The molecule has 1 amide bonds. The van der Waals surface area contributed by atoms with Crippen LogP contribution in [0.5, 0.6) is 5.88 Å². The molecule has 8 heteroatoms. The number of hydrogen-bond donors (Lipinski definition) is 0. The lowest BCUT2D eigenvalue weighted by molar-refractivity contribution is -0.0314. The van der Waals surface area contributed by atoms with Gasteiger partial charge in [-0.3, -0.25) is 9.78 Å². The zero-order valence-corrected chi connectivity index (χ0v) is 17.1. The van der Waals surface area contributed by atoms with Crippen molar-refractivity contribution in [3.05, 3.63) is 66.1 Å². The fourth-order valence-electron chi connectivity index (χ4n) is 4.60. The third-order valence-electron chi connectivity index (χ3n) is 6.04. The van der Waals surface area contributed by atoms with E-state index in [4.69, 9.17) is 4.74 Å². The predicted octanol–water partition coefficient (Wildman–Crippen LogP) is 3.45. The molecule has 3 aliphatic rings. The van der Waals surface area contributed by atoms with E-state index in [0.717, 1.165) is 25.0 Å². The summed E-state index contributed by atoms with van der Waals surface area (Å²) in [5, 5.41) is 0. The molecule has 6 rings (SSSR count). The Morgan fingerprint density at radius 2 is 1.94 bits per heavy atom. The molecule has 4 heterocycles. The van der Waals surface area contributed by atoms with Gasteiger partial charge in [0.1, 0.15) is 11.9 Å². The Balaban J connectivity index is 1.45. The molecule has 31 heavy (non-hydrogen) atoms. The normalized spacial score (nSPS) is 22.4. The number of fused-ring (bicyclic) bond motifs is 3. The third-order valence-corrected chi connectivity index (χ3v) is 6.04. The van der Waals surface area contributed by atoms with E-state index in [1.807, 2.05) is 11.8 Å². The van der Waals surface area contributed by atoms with E-state index in [-0.39, 0.29) is 35.0 Å². The molecule has 0 N–H and O–H groups in total. The highest BCUT2D eigenvalue weighted by Crippen LogP contribution is 2.38. The van der Waals surface area contributed by atoms with Gasteiger partial charge in [-0.2, -0.15) is 0 Å². The molecular weight excluding hydrogens is 397 g/mol. The van der Waals surface area contributed by atoms with Crippen LogP contribution in [-0.2, 0) is 0 Å². The number of ether oxygens (including phenoxy) is 1. The van der Waals surface area contributed by atoms with Crippen molar-refractivity contribution >= 4 is 5.91 Å². The number of carbonyl (C=O) groups is 1. The Hall–Kier alpha value is -3.42. The van der Waals surface area contributed by atoms with Gasteiger partial charge in [-0.15, -0.1) is 0 Å². The van der Waals surface area contributed by atoms with Gasteiger partial charge >= 0.3 is 0 Å². The van der Waals surface area contributed by atoms with Crippen LogP contribution in [0.25, 0.3) is 11.4 Å². The van der Waals surface area contributed by atoms with Crippen LogP contribution in [0.4, 0.5) is 4.39 Å². The van der Waals surface area contributed by atoms with E-state index in [9.17, 15) is 9.18 Å². The van der Waals surface area contributed by atoms with E-state index in [2.05, 4.69) is 19.9 Å². The number of piperidine rings is 2. The maximum absolute atomic E-state index is 14.8. The highest BCUT2D eigenvalue weighted by atomic mass is 19.1. The lowest BCUT2D eigenvalue weighted by Crippen LogP contribution is -2.59. The van der Waals surface area contributed by atoms with Gasteiger partial charge in [0.2, 0.25) is 5.88 Å². The van der Waals surface area contributed by atoms with Gasteiger partial charge < -0.3 is 9.64 Å². The van der Waals surface area contributed by atoms with Gasteiger partial charge in [0.15, 0.2) is 5.82 Å². The molecule has 3 unspecified atom stereocenters. The first-order valence-corrected chi connectivity index (χ1v) is 10.4. The number of nitrogens with zero attached hydrogens (tertiary/aromatic N) is 5. The van der Waals surface area contributed by atoms with Crippen molar-refractivity contribution in [2.75, 3.05) is 6.54 Å². The first kappa shape index (κ1) is 19.5. The van der Waals surface area contributed by atoms with E-state index in [1.165, 1.54) is 6.07 Å². The molecule has 3 atom stereocenters. The smallest absolute Gasteiger partial charge is 0.255 e. The Kier molecular flexibility index (Phi) is 5.05. The van der Waals surface area contributed by atoms with Crippen LogP contribution in [0.3, 0.4) is 0 Å². The van der Waals surface area contributed by atoms with Gasteiger partial charge in [0, 0.05) is 18.9 Å². The maximum atomic E-state index is 14.8. The van der Waals surface area contributed by atoms with Crippen LogP contribution >= 0.6 is 0 Å². The first-order chi connectivity index (χ1) is 15.1. The fraction of sp³-hybridized carbons (Fsp3) is 0.348. The second-order valence-electron chi connectivity index (χ2n) is 8.09. The Morgan fingerprint density at radius 1 is 1.10 bits per heavy atom. The molecule has 1 aliphatic carbocycles. The molecule has 3 fully saturated rings. The molecule has 2 saturated heterocycles. The topological polar surface area (TPSA) is 81.1 Å². The standard InChI is InChI=1S/C23H22FN5O2/c1-14-11-28-20(12-27-14)31-19-10-15-6-7-18(19)29(13-15)23(30)16-4-2-5-17(24)21(16)22-25-8-3-9-26-22/h2-5,8-9,11-12,15,18-19H,6-7,10,13H2,1H3. The minimum absolute atomic E-state index is 0.103. The van der Waals surface area contributed by atoms with Crippen LogP contribution in [0.1, 0.15) is 35.3 Å². The second-order valence-corrected chi connectivity index (χ2v) is 8.09. The molecule has 0 spiro atoms. The molecule has 2 aromatic heterocycles. The summed E-state index contributed by atoms with van der Waals surface area (Å²) < 4.78 is 20.9. The summed E-state index contributed by atoms with van der Waals surface area (Å²) in [5.74, 6) is 0.262. The number of benzene rings is 1. The maximum Gasteiger partial charge on any atom is 0.255 e. The van der Waals surface area contributed by atoms with E-state index >= 15 is 0 Å². The van der Waals surface area contributed by atoms with Crippen LogP contribution in [0, 0.1) is 18.7 Å². The van der Waals surface area contributed by atoms with Gasteiger partial charge in [-0.25, -0.2) is 19.3 Å². The summed E-state index contributed by atoms with van der Waals surface area (Å²) in [6, 6.07) is 6.07. The molecule has 2 aliphatic heterocycles. The SMILES string of the molecule is Cc1cnc(OC2CC3CCC2N(C(=O)c2cccc(F)c2-c2ncccn2)C3)cn1. The van der Waals surface area contributed by atoms with E-state index in [0.29, 0.717) is 18.3 Å². The zero-order chi connectivity index (χ0) is 21.4. The molecule has 7 nitrogen and oxygen atoms in total. The summed E-state index contributed by atoms with van der Waals surface area (Å²) in [6.07, 6.45) is 8.94. The molecule has 2 bridgehead atoms. The molecule has 1 aromatic carbocycles. The van der Waals surface area contributed by atoms with Crippen LogP contribution in [0.2, 0.25) is 0 Å². The molecule has 158 valence electrons. The van der Waals surface area contributed by atoms with Gasteiger partial charge in [0.05, 0.1) is 35.3 Å². The summed E-state index contributed by atoms with van der Waals surface area (Å²) in [7, 11) is 0. The monoisotopic (exact) mass is 419 g/mol. The van der Waals surface area contributed by atoms with Crippen molar-refractivity contribution in [2.45, 2.75) is 38.3 Å². The van der Waals surface area contributed by atoms with Crippen molar-refractivity contribution in [1.82, 2.24) is 24.8 Å². The number of hydrogen-bond acceptors (Lipinski definition) is 6. The Labute approximate surface area is 179 Å². The number of halogens is 1. The number of carbonyl (C=O) groups excluding carboxylic acids is 1. The average Bonchev–Trinajstić information content (AvgIpc) is 2.81. The molecule has 3 aromatic rings. The number of aryl methyl sites for hydroxylation is 1. The van der Waals surface area contributed by atoms with Gasteiger partial charge in [-0.1, -0.05) is 6.07 Å². The van der Waals surface area contributed by atoms with Crippen LogP contribution < -0.4 is 4.74 Å². The molecule has 0 radical (unpaired) electrons. The fourth-order valence-corrected chi connectivity index (χ4v) is 4.60. The summed E-state index contributed by atoms with van der Waals surface area (Å²) >= 11 is 0. The number of amides is 1. The second kappa shape index (κ2) is 8.02. The minimum atomic E-state index is -0.512. The largest absolute Gasteiger partial charge is 0.471 e. The van der Waals surface area contributed by atoms with Crippen LogP contribution in [0.15, 0.2) is 49.1 Å².